The Hall–Kier alpha value is -1.55. The lowest BCUT2D eigenvalue weighted by Crippen LogP contribution is -2.40. The molecule has 2 aliphatic rings. The maximum atomic E-state index is 12.3. The molecule has 0 bridgehead atoms. The summed E-state index contributed by atoms with van der Waals surface area (Å²) in [6.07, 6.45) is 4.00. The smallest absolute Gasteiger partial charge is 0.261 e. The molecular weight excluding hydrogens is 242 g/mol. The van der Waals surface area contributed by atoms with Crippen LogP contribution >= 0.6 is 0 Å². The molecule has 0 radical (unpaired) electrons. The van der Waals surface area contributed by atoms with Crippen molar-refractivity contribution >= 4 is 11.6 Å². The summed E-state index contributed by atoms with van der Waals surface area (Å²) in [5, 5.41) is 13.8. The first-order valence-corrected chi connectivity index (χ1v) is 6.81. The Balaban J connectivity index is 2.12. The van der Waals surface area contributed by atoms with Crippen molar-refractivity contribution < 1.29 is 14.6 Å². The zero-order chi connectivity index (χ0) is 13.6. The van der Waals surface area contributed by atoms with Gasteiger partial charge < -0.3 is 15.2 Å². The first kappa shape index (κ1) is 12.5. The molecule has 3 rings (SSSR count). The monoisotopic (exact) mass is 261 g/mol. The molecule has 1 fully saturated rings. The molecule has 1 aromatic rings. The van der Waals surface area contributed by atoms with Crippen LogP contribution in [0, 0.1) is 12.8 Å². The molecule has 102 valence electrons. The van der Waals surface area contributed by atoms with Gasteiger partial charge in [-0.05, 0) is 31.9 Å². The third kappa shape index (κ3) is 1.59. The van der Waals surface area contributed by atoms with Gasteiger partial charge in [-0.3, -0.25) is 4.79 Å². The lowest BCUT2D eigenvalue weighted by atomic mass is 9.80. The normalized spacial score (nSPS) is 26.4. The maximum Gasteiger partial charge on any atom is 0.261 e. The van der Waals surface area contributed by atoms with Gasteiger partial charge in [-0.25, -0.2) is 0 Å². The van der Waals surface area contributed by atoms with E-state index in [4.69, 9.17) is 4.74 Å². The van der Waals surface area contributed by atoms with Crippen molar-refractivity contribution in [3.05, 3.63) is 23.3 Å². The number of hydrogen-bond acceptors (Lipinski definition) is 3. The van der Waals surface area contributed by atoms with Crippen molar-refractivity contribution in [2.45, 2.75) is 38.2 Å². The van der Waals surface area contributed by atoms with E-state index in [9.17, 15) is 9.90 Å². The quantitative estimate of drug-likeness (QED) is 0.859. The molecular formula is C15H19NO3. The zero-order valence-electron chi connectivity index (χ0n) is 11.3. The first-order valence-electron chi connectivity index (χ1n) is 6.81. The number of methoxy groups -OCH3 is 1. The topological polar surface area (TPSA) is 58.6 Å². The van der Waals surface area contributed by atoms with Crippen LogP contribution in [0.2, 0.25) is 0 Å². The number of carbonyl (C=O) groups is 1. The molecule has 1 amide bonds. The van der Waals surface area contributed by atoms with Crippen LogP contribution in [0.25, 0.3) is 0 Å². The van der Waals surface area contributed by atoms with E-state index in [0.717, 1.165) is 42.7 Å². The van der Waals surface area contributed by atoms with Gasteiger partial charge in [0.1, 0.15) is 5.75 Å². The fourth-order valence-electron chi connectivity index (χ4n) is 3.47. The van der Waals surface area contributed by atoms with Crippen LogP contribution < -0.4 is 10.1 Å². The molecule has 1 saturated carbocycles. The molecule has 4 heteroatoms. The minimum Gasteiger partial charge on any atom is -0.496 e. The van der Waals surface area contributed by atoms with Crippen LogP contribution in [0.5, 0.6) is 5.75 Å². The van der Waals surface area contributed by atoms with Crippen molar-refractivity contribution in [3.8, 4) is 5.75 Å². The number of fused-ring (bicyclic) bond motifs is 1. The molecule has 0 aromatic heterocycles. The van der Waals surface area contributed by atoms with E-state index < -0.39 is 5.60 Å². The van der Waals surface area contributed by atoms with Crippen molar-refractivity contribution in [3.63, 3.8) is 0 Å². The average Bonchev–Trinajstić information content (AvgIpc) is 3.01. The predicted molar refractivity (Wildman–Crippen MR) is 72.2 cm³/mol. The third-order valence-corrected chi connectivity index (χ3v) is 4.58. The van der Waals surface area contributed by atoms with Gasteiger partial charge in [0.2, 0.25) is 0 Å². The van der Waals surface area contributed by atoms with Crippen LogP contribution in [-0.2, 0) is 10.4 Å². The highest BCUT2D eigenvalue weighted by atomic mass is 16.5. The lowest BCUT2D eigenvalue weighted by molar-refractivity contribution is -0.139. The van der Waals surface area contributed by atoms with E-state index in [-0.39, 0.29) is 11.8 Å². The number of aliphatic hydroxyl groups is 1. The number of rotatable bonds is 2. The van der Waals surface area contributed by atoms with Crippen LogP contribution in [-0.4, -0.2) is 18.1 Å². The Bertz CT molecular complexity index is 534. The number of anilines is 1. The van der Waals surface area contributed by atoms with Crippen molar-refractivity contribution in [1.82, 2.24) is 0 Å². The summed E-state index contributed by atoms with van der Waals surface area (Å²) in [5.74, 6) is 0.474. The third-order valence-electron chi connectivity index (χ3n) is 4.58. The molecule has 1 aromatic carbocycles. The molecule has 4 nitrogen and oxygen atoms in total. The molecule has 0 saturated heterocycles. The molecule has 19 heavy (non-hydrogen) atoms. The number of benzene rings is 1. The van der Waals surface area contributed by atoms with Crippen molar-refractivity contribution in [1.29, 1.82) is 0 Å². The summed E-state index contributed by atoms with van der Waals surface area (Å²) in [6, 6.07) is 3.64. The van der Waals surface area contributed by atoms with Gasteiger partial charge in [0.05, 0.1) is 12.8 Å². The molecule has 0 spiro atoms. The lowest BCUT2D eigenvalue weighted by Gasteiger charge is -2.27. The van der Waals surface area contributed by atoms with Gasteiger partial charge in [-0.2, -0.15) is 0 Å². The summed E-state index contributed by atoms with van der Waals surface area (Å²) in [6.45, 7) is 1.90. The SMILES string of the molecule is COc1ccc2c(c1C)NC(=O)C2(O)C1CCCC1. The summed E-state index contributed by atoms with van der Waals surface area (Å²) >= 11 is 0. The van der Waals surface area contributed by atoms with E-state index in [2.05, 4.69) is 5.32 Å². The Morgan fingerprint density at radius 3 is 2.68 bits per heavy atom. The van der Waals surface area contributed by atoms with Crippen LogP contribution in [0.1, 0.15) is 36.8 Å². The summed E-state index contributed by atoms with van der Waals surface area (Å²) in [5.41, 5.74) is 0.951. The zero-order valence-corrected chi connectivity index (χ0v) is 11.3. The second kappa shape index (κ2) is 4.23. The molecule has 1 aliphatic carbocycles. The van der Waals surface area contributed by atoms with Gasteiger partial charge in [0, 0.05) is 17.0 Å². The van der Waals surface area contributed by atoms with E-state index in [0.29, 0.717) is 5.56 Å². The summed E-state index contributed by atoms with van der Waals surface area (Å²) in [7, 11) is 1.61. The van der Waals surface area contributed by atoms with E-state index in [1.165, 1.54) is 0 Å². The first-order chi connectivity index (χ1) is 9.09. The Morgan fingerprint density at radius 2 is 2.05 bits per heavy atom. The molecule has 1 aliphatic heterocycles. The number of amides is 1. The number of nitrogens with one attached hydrogen (secondary N) is 1. The van der Waals surface area contributed by atoms with Crippen LogP contribution in [0.4, 0.5) is 5.69 Å². The maximum absolute atomic E-state index is 12.3. The average molecular weight is 261 g/mol. The van der Waals surface area contributed by atoms with Gasteiger partial charge in [0.25, 0.3) is 5.91 Å². The summed E-state index contributed by atoms with van der Waals surface area (Å²) in [4.78, 5) is 12.3. The number of hydrogen-bond donors (Lipinski definition) is 2. The molecule has 2 N–H and O–H groups in total. The second-order valence-corrected chi connectivity index (χ2v) is 5.52. The molecule has 1 atom stereocenters. The largest absolute Gasteiger partial charge is 0.496 e. The Kier molecular flexibility index (Phi) is 2.78. The van der Waals surface area contributed by atoms with Crippen LogP contribution in [0.15, 0.2) is 12.1 Å². The summed E-state index contributed by atoms with van der Waals surface area (Å²) < 4.78 is 5.27. The highest BCUT2D eigenvalue weighted by Gasteiger charge is 2.52. The highest BCUT2D eigenvalue weighted by Crippen LogP contribution is 2.49. The minimum absolute atomic E-state index is 0.0292. The van der Waals surface area contributed by atoms with Crippen molar-refractivity contribution in [2.24, 2.45) is 5.92 Å². The van der Waals surface area contributed by atoms with Gasteiger partial charge >= 0.3 is 0 Å². The Labute approximate surface area is 112 Å². The van der Waals surface area contributed by atoms with Crippen LogP contribution in [0.3, 0.4) is 0 Å². The van der Waals surface area contributed by atoms with E-state index in [1.807, 2.05) is 19.1 Å². The fourth-order valence-corrected chi connectivity index (χ4v) is 3.47. The second-order valence-electron chi connectivity index (χ2n) is 5.52. The number of carbonyl (C=O) groups excluding carboxylic acids is 1. The number of ether oxygens (including phenoxy) is 1. The predicted octanol–water partition coefficient (Wildman–Crippen LogP) is 2.33. The van der Waals surface area contributed by atoms with Crippen molar-refractivity contribution in [2.75, 3.05) is 12.4 Å². The standard InChI is InChI=1S/C15H19NO3/c1-9-12(19-2)8-7-11-13(9)16-14(17)15(11,18)10-5-3-4-6-10/h7-8,10,18H,3-6H2,1-2H3,(H,16,17). The van der Waals surface area contributed by atoms with E-state index >= 15 is 0 Å². The van der Waals surface area contributed by atoms with Gasteiger partial charge in [-0.1, -0.05) is 12.8 Å². The molecule has 1 unspecified atom stereocenters. The molecule has 1 heterocycles. The highest BCUT2D eigenvalue weighted by molar-refractivity contribution is 6.06. The van der Waals surface area contributed by atoms with Gasteiger partial charge in [0.15, 0.2) is 5.60 Å². The Morgan fingerprint density at radius 1 is 1.37 bits per heavy atom. The van der Waals surface area contributed by atoms with Gasteiger partial charge in [-0.15, -0.1) is 0 Å². The minimum atomic E-state index is -1.36. The van der Waals surface area contributed by atoms with E-state index in [1.54, 1.807) is 7.11 Å². The fraction of sp³-hybridized carbons (Fsp3) is 0.533.